The molecule has 3 heterocycles. The number of aromatic nitrogens is 2. The molecule has 12 rings (SSSR count). The van der Waals surface area contributed by atoms with E-state index in [2.05, 4.69) is 188 Å². The van der Waals surface area contributed by atoms with Gasteiger partial charge in [-0.25, -0.2) is 9.97 Å². The molecule has 2 aliphatic rings. The average molecular weight is 745 g/mol. The smallest absolute Gasteiger partial charge is 0.160 e. The van der Waals surface area contributed by atoms with Crippen molar-refractivity contribution in [2.75, 3.05) is 0 Å². The van der Waals surface area contributed by atoms with Crippen LogP contribution < -0.4 is 4.74 Å². The molecule has 4 heteroatoms. The van der Waals surface area contributed by atoms with Gasteiger partial charge < -0.3 is 4.74 Å². The van der Waals surface area contributed by atoms with Gasteiger partial charge in [0, 0.05) is 32.3 Å². The summed E-state index contributed by atoms with van der Waals surface area (Å²) in [6, 6.07) is 69.4. The van der Waals surface area contributed by atoms with Gasteiger partial charge in [0.2, 0.25) is 0 Å². The maximum atomic E-state index is 6.59. The van der Waals surface area contributed by atoms with Crippen molar-refractivity contribution in [2.24, 2.45) is 0 Å². The highest BCUT2D eigenvalue weighted by molar-refractivity contribution is 7.26. The molecule has 0 N–H and O–H groups in total. The lowest BCUT2D eigenvalue weighted by molar-refractivity contribution is 0.436. The number of hydrogen-bond donors (Lipinski definition) is 0. The maximum Gasteiger partial charge on any atom is 0.160 e. The summed E-state index contributed by atoms with van der Waals surface area (Å²) < 4.78 is 8.89. The van der Waals surface area contributed by atoms with Gasteiger partial charge in [-0.05, 0) is 68.8 Å². The molecule has 0 radical (unpaired) electrons. The predicted molar refractivity (Wildman–Crippen MR) is 234 cm³/mol. The van der Waals surface area contributed by atoms with Crippen LogP contribution in [0.2, 0.25) is 0 Å². The van der Waals surface area contributed by atoms with Crippen LogP contribution in [0.4, 0.5) is 0 Å². The molecule has 1 spiro atoms. The molecule has 0 saturated carbocycles. The van der Waals surface area contributed by atoms with Gasteiger partial charge in [-0.2, -0.15) is 0 Å². The zero-order chi connectivity index (χ0) is 37.5. The molecule has 0 saturated heterocycles. The molecule has 10 aromatic rings. The van der Waals surface area contributed by atoms with Crippen LogP contribution in [0.3, 0.4) is 0 Å². The molecule has 1 aliphatic carbocycles. The average Bonchev–Trinajstić information content (AvgIpc) is 3.81. The summed E-state index contributed by atoms with van der Waals surface area (Å²) in [5, 5.41) is 1.15. The molecule has 0 unspecified atom stereocenters. The van der Waals surface area contributed by atoms with Crippen LogP contribution >= 0.6 is 11.3 Å². The van der Waals surface area contributed by atoms with Gasteiger partial charge in [-0.3, -0.25) is 0 Å². The lowest BCUT2D eigenvalue weighted by Gasteiger charge is -2.39. The summed E-state index contributed by atoms with van der Waals surface area (Å²) in [6.07, 6.45) is 0. The summed E-state index contributed by atoms with van der Waals surface area (Å²) in [4.78, 5) is 10.6. The van der Waals surface area contributed by atoms with E-state index >= 15 is 0 Å². The SMILES string of the molecule is c1ccc(-c2ccc(-c3nc(-c4cccc(-c5cccc6c5-c5ccccc5C65c6ccccc6Oc6ccccc65)c4)c4sc5ccccc5c4n3)cc2)cc1. The number of benzene rings is 8. The van der Waals surface area contributed by atoms with Gasteiger partial charge in [-0.1, -0.05) is 170 Å². The van der Waals surface area contributed by atoms with Crippen molar-refractivity contribution in [1.82, 2.24) is 9.97 Å². The molecule has 266 valence electrons. The number of hydrogen-bond acceptors (Lipinski definition) is 4. The molecular formula is C53H32N2OS. The first-order valence-electron chi connectivity index (χ1n) is 19.3. The summed E-state index contributed by atoms with van der Waals surface area (Å²) >= 11 is 1.76. The molecule has 57 heavy (non-hydrogen) atoms. The number of rotatable bonds is 4. The van der Waals surface area contributed by atoms with E-state index in [1.54, 1.807) is 11.3 Å². The molecule has 0 fully saturated rings. The lowest BCUT2D eigenvalue weighted by Crippen LogP contribution is -2.32. The molecule has 2 aromatic heterocycles. The van der Waals surface area contributed by atoms with Crippen molar-refractivity contribution in [3.8, 4) is 67.5 Å². The highest BCUT2D eigenvalue weighted by Gasteiger charge is 2.51. The van der Waals surface area contributed by atoms with Gasteiger partial charge in [0.05, 0.1) is 21.3 Å². The zero-order valence-corrected chi connectivity index (χ0v) is 31.5. The first-order valence-corrected chi connectivity index (χ1v) is 20.1. The third-order valence-electron chi connectivity index (χ3n) is 11.8. The Morgan fingerprint density at radius 3 is 1.81 bits per heavy atom. The van der Waals surface area contributed by atoms with E-state index in [0.29, 0.717) is 0 Å². The van der Waals surface area contributed by atoms with Crippen LogP contribution in [0.15, 0.2) is 194 Å². The minimum Gasteiger partial charge on any atom is -0.457 e. The van der Waals surface area contributed by atoms with E-state index in [1.807, 2.05) is 6.07 Å². The Kier molecular flexibility index (Phi) is 7.01. The summed E-state index contributed by atoms with van der Waals surface area (Å²) in [5.74, 6) is 2.51. The van der Waals surface area contributed by atoms with Crippen LogP contribution in [0.5, 0.6) is 11.5 Å². The number of nitrogens with zero attached hydrogens (tertiary/aromatic N) is 2. The second-order valence-corrected chi connectivity index (χ2v) is 15.9. The Hall–Kier alpha value is -7.14. The third kappa shape index (κ3) is 4.71. The highest BCUT2D eigenvalue weighted by atomic mass is 32.1. The normalized spacial score (nSPS) is 13.2. The second-order valence-electron chi connectivity index (χ2n) is 14.8. The molecule has 0 amide bonds. The minimum absolute atomic E-state index is 0.522. The van der Waals surface area contributed by atoms with Crippen molar-refractivity contribution in [1.29, 1.82) is 0 Å². The Morgan fingerprint density at radius 1 is 0.421 bits per heavy atom. The van der Waals surface area contributed by atoms with Crippen molar-refractivity contribution in [2.45, 2.75) is 5.41 Å². The van der Waals surface area contributed by atoms with Crippen LogP contribution in [0.1, 0.15) is 22.3 Å². The van der Waals surface area contributed by atoms with E-state index in [9.17, 15) is 0 Å². The largest absolute Gasteiger partial charge is 0.457 e. The van der Waals surface area contributed by atoms with E-state index in [-0.39, 0.29) is 0 Å². The van der Waals surface area contributed by atoms with E-state index < -0.39 is 5.41 Å². The minimum atomic E-state index is -0.522. The molecule has 8 aromatic carbocycles. The molecule has 0 atom stereocenters. The standard InChI is InChI=1S/C53H32N2OS/c1-2-14-33(15-3-1)34-28-30-35(31-29-34)52-54-49(51-50(55-52)40-19-5-11-27-47(40)57-51)37-17-12-16-36(32-37)38-20-13-24-44-48(38)39-18-4-6-21-41(39)53(44)42-22-7-9-25-45(42)56-46-26-10-8-23-43(46)53/h1-32H. The quantitative estimate of drug-likeness (QED) is 0.180. The Labute approximate surface area is 334 Å². The van der Waals surface area contributed by atoms with Crippen molar-refractivity contribution < 1.29 is 4.74 Å². The van der Waals surface area contributed by atoms with Crippen LogP contribution in [-0.2, 0) is 5.41 Å². The predicted octanol–water partition coefficient (Wildman–Crippen LogP) is 14.0. The van der Waals surface area contributed by atoms with Gasteiger partial charge in [0.1, 0.15) is 11.5 Å². The van der Waals surface area contributed by atoms with Gasteiger partial charge in [-0.15, -0.1) is 11.3 Å². The van der Waals surface area contributed by atoms with Gasteiger partial charge in [0.15, 0.2) is 5.82 Å². The number of thiophene rings is 1. The monoisotopic (exact) mass is 744 g/mol. The highest BCUT2D eigenvalue weighted by Crippen LogP contribution is 2.63. The first kappa shape index (κ1) is 32.1. The van der Waals surface area contributed by atoms with E-state index in [4.69, 9.17) is 14.7 Å². The molecule has 3 nitrogen and oxygen atoms in total. The van der Waals surface area contributed by atoms with Gasteiger partial charge >= 0.3 is 0 Å². The van der Waals surface area contributed by atoms with Crippen LogP contribution in [0.25, 0.3) is 76.3 Å². The maximum absolute atomic E-state index is 6.59. The fraction of sp³-hybridized carbons (Fsp3) is 0.0189. The Bertz CT molecular complexity index is 3170. The fourth-order valence-corrected chi connectivity index (χ4v) is 10.5. The Balaban J connectivity index is 1.06. The molecule has 1 aliphatic heterocycles. The summed E-state index contributed by atoms with van der Waals surface area (Å²) in [5.41, 5.74) is 15.5. The zero-order valence-electron chi connectivity index (χ0n) is 30.7. The van der Waals surface area contributed by atoms with Crippen LogP contribution in [0, 0.1) is 0 Å². The third-order valence-corrected chi connectivity index (χ3v) is 13.0. The Morgan fingerprint density at radius 2 is 1.00 bits per heavy atom. The van der Waals surface area contributed by atoms with Gasteiger partial charge in [0.25, 0.3) is 0 Å². The number of ether oxygens (including phenoxy) is 1. The van der Waals surface area contributed by atoms with Crippen molar-refractivity contribution in [3.63, 3.8) is 0 Å². The lowest BCUT2D eigenvalue weighted by atomic mass is 9.66. The molecular weight excluding hydrogens is 713 g/mol. The van der Waals surface area contributed by atoms with Crippen molar-refractivity contribution in [3.05, 3.63) is 216 Å². The van der Waals surface area contributed by atoms with Crippen molar-refractivity contribution >= 4 is 31.6 Å². The number of para-hydroxylation sites is 2. The molecule has 0 bridgehead atoms. The topological polar surface area (TPSA) is 35.0 Å². The van der Waals surface area contributed by atoms with Crippen LogP contribution in [-0.4, -0.2) is 9.97 Å². The summed E-state index contributed by atoms with van der Waals surface area (Å²) in [7, 11) is 0. The fourth-order valence-electron chi connectivity index (χ4n) is 9.34. The number of fused-ring (bicyclic) bond motifs is 12. The van der Waals surface area contributed by atoms with E-state index in [1.165, 1.54) is 54.8 Å². The summed E-state index contributed by atoms with van der Waals surface area (Å²) in [6.45, 7) is 0. The second kappa shape index (κ2) is 12.4. The van der Waals surface area contributed by atoms with E-state index in [0.717, 1.165) is 55.3 Å². The first-order chi connectivity index (χ1) is 28.3.